The number of ether oxygens (including phenoxy) is 1. The highest BCUT2D eigenvalue weighted by atomic mass is 79.9. The second kappa shape index (κ2) is 11.7. The molecule has 1 aliphatic rings. The van der Waals surface area contributed by atoms with Gasteiger partial charge in [-0.15, -0.1) is 0 Å². The summed E-state index contributed by atoms with van der Waals surface area (Å²) >= 11 is 3.60. The van der Waals surface area contributed by atoms with Crippen molar-refractivity contribution >= 4 is 44.5 Å². The number of anilines is 2. The summed E-state index contributed by atoms with van der Waals surface area (Å²) in [6.45, 7) is 4.77. The number of morpholine rings is 1. The van der Waals surface area contributed by atoms with Crippen LogP contribution in [0.15, 0.2) is 65.3 Å². The molecule has 0 bridgehead atoms. The second-order valence-electron chi connectivity index (χ2n) is 8.67. The first kappa shape index (κ1) is 25.2. The Morgan fingerprint density at radius 1 is 1.05 bits per heavy atom. The fraction of sp³-hybridized carbons (Fsp3) is 0.259. The highest BCUT2D eigenvalue weighted by Gasteiger charge is 2.19. The van der Waals surface area contributed by atoms with E-state index in [1.54, 1.807) is 18.3 Å². The van der Waals surface area contributed by atoms with Gasteiger partial charge in [-0.25, -0.2) is 14.4 Å². The monoisotopic (exact) mass is 564 g/mol. The van der Waals surface area contributed by atoms with Crippen LogP contribution in [0.2, 0.25) is 0 Å². The lowest BCUT2D eigenvalue weighted by Crippen LogP contribution is -2.38. The highest BCUT2D eigenvalue weighted by molar-refractivity contribution is 9.10. The third-order valence-corrected chi connectivity index (χ3v) is 6.78. The summed E-state index contributed by atoms with van der Waals surface area (Å²) < 4.78 is 19.5. The van der Waals surface area contributed by atoms with Crippen LogP contribution >= 0.6 is 15.9 Å². The predicted octanol–water partition coefficient (Wildman–Crippen LogP) is 4.79. The molecule has 3 heterocycles. The molecule has 1 fully saturated rings. The molecule has 0 atom stereocenters. The number of hydrogen-bond donors (Lipinski definition) is 2. The van der Waals surface area contributed by atoms with E-state index in [9.17, 15) is 9.18 Å². The van der Waals surface area contributed by atoms with Gasteiger partial charge < -0.3 is 15.4 Å². The molecular formula is C27H26BrFN6O2. The zero-order chi connectivity index (χ0) is 25.6. The van der Waals surface area contributed by atoms with Crippen molar-refractivity contribution in [3.05, 3.63) is 76.8 Å². The Labute approximate surface area is 222 Å². The number of amides is 1. The van der Waals surface area contributed by atoms with E-state index in [4.69, 9.17) is 4.74 Å². The van der Waals surface area contributed by atoms with E-state index < -0.39 is 0 Å². The van der Waals surface area contributed by atoms with E-state index in [1.165, 1.54) is 12.1 Å². The molecule has 0 saturated carbocycles. The quantitative estimate of drug-likeness (QED) is 0.297. The third-order valence-electron chi connectivity index (χ3n) is 6.09. The number of benzene rings is 2. The molecule has 0 aliphatic carbocycles. The van der Waals surface area contributed by atoms with Crippen molar-refractivity contribution in [3.63, 3.8) is 0 Å². The van der Waals surface area contributed by atoms with Crippen LogP contribution in [0.4, 0.5) is 16.0 Å². The molecule has 0 radical (unpaired) electrons. The average Bonchev–Trinajstić information content (AvgIpc) is 2.92. The van der Waals surface area contributed by atoms with Gasteiger partial charge in [0.05, 0.1) is 13.2 Å². The van der Waals surface area contributed by atoms with Gasteiger partial charge in [0.25, 0.3) is 5.91 Å². The van der Waals surface area contributed by atoms with Crippen LogP contribution in [-0.2, 0) is 4.74 Å². The number of fused-ring (bicyclic) bond motifs is 1. The Bertz CT molecular complexity index is 1400. The summed E-state index contributed by atoms with van der Waals surface area (Å²) in [5.74, 6) is -0.287. The molecule has 1 aliphatic heterocycles. The fourth-order valence-electron chi connectivity index (χ4n) is 4.16. The molecular weight excluding hydrogens is 539 g/mol. The van der Waals surface area contributed by atoms with Crippen molar-refractivity contribution in [2.45, 2.75) is 6.42 Å². The third kappa shape index (κ3) is 6.27. The van der Waals surface area contributed by atoms with E-state index >= 15 is 0 Å². The lowest BCUT2D eigenvalue weighted by atomic mass is 10.0. The Kier molecular flexibility index (Phi) is 7.98. The number of rotatable bonds is 8. The lowest BCUT2D eigenvalue weighted by molar-refractivity contribution is 0.0374. The van der Waals surface area contributed by atoms with Crippen molar-refractivity contribution in [3.8, 4) is 11.1 Å². The van der Waals surface area contributed by atoms with Gasteiger partial charge in [0, 0.05) is 46.9 Å². The number of hydrogen-bond acceptors (Lipinski definition) is 7. The second-order valence-corrected chi connectivity index (χ2v) is 9.52. The maximum absolute atomic E-state index is 13.3. The van der Waals surface area contributed by atoms with Crippen molar-refractivity contribution in [2.75, 3.05) is 44.7 Å². The maximum Gasteiger partial charge on any atom is 0.270 e. The van der Waals surface area contributed by atoms with Gasteiger partial charge in [-0.3, -0.25) is 9.69 Å². The van der Waals surface area contributed by atoms with E-state index in [-0.39, 0.29) is 17.4 Å². The lowest BCUT2D eigenvalue weighted by Gasteiger charge is -2.26. The molecule has 2 aromatic carbocycles. The summed E-state index contributed by atoms with van der Waals surface area (Å²) in [6.07, 6.45) is 2.49. The van der Waals surface area contributed by atoms with E-state index in [0.717, 1.165) is 49.3 Å². The van der Waals surface area contributed by atoms with Crippen LogP contribution in [0.5, 0.6) is 0 Å². The molecule has 0 spiro atoms. The minimum Gasteiger partial charge on any atom is -0.379 e. The van der Waals surface area contributed by atoms with Gasteiger partial charge in [0.2, 0.25) is 5.95 Å². The van der Waals surface area contributed by atoms with Crippen LogP contribution in [-0.4, -0.2) is 65.2 Å². The SMILES string of the molecule is O=C(NCCCN1CCOCC1)c1nc2nc(Nc3ccc(F)cc3)ncc2cc1-c1ccccc1Br. The Morgan fingerprint density at radius 2 is 1.84 bits per heavy atom. The van der Waals surface area contributed by atoms with E-state index in [1.807, 2.05) is 30.3 Å². The minimum atomic E-state index is -0.327. The zero-order valence-electron chi connectivity index (χ0n) is 20.1. The maximum atomic E-state index is 13.3. The molecule has 1 amide bonds. The number of nitrogens with zero attached hydrogens (tertiary/aromatic N) is 4. The van der Waals surface area contributed by atoms with Crippen LogP contribution < -0.4 is 10.6 Å². The highest BCUT2D eigenvalue weighted by Crippen LogP contribution is 2.32. The molecule has 5 rings (SSSR count). The van der Waals surface area contributed by atoms with Gasteiger partial charge >= 0.3 is 0 Å². The van der Waals surface area contributed by atoms with E-state index in [0.29, 0.717) is 34.8 Å². The average molecular weight is 565 g/mol. The first-order valence-electron chi connectivity index (χ1n) is 12.1. The summed E-state index contributed by atoms with van der Waals surface area (Å²) in [4.78, 5) is 29.2. The number of halogens is 2. The summed E-state index contributed by atoms with van der Waals surface area (Å²) in [6, 6.07) is 15.5. The van der Waals surface area contributed by atoms with Crippen LogP contribution in [0.3, 0.4) is 0 Å². The van der Waals surface area contributed by atoms with Gasteiger partial charge in [0.1, 0.15) is 11.5 Å². The Morgan fingerprint density at radius 3 is 2.62 bits per heavy atom. The number of nitrogens with one attached hydrogen (secondary N) is 2. The van der Waals surface area contributed by atoms with E-state index in [2.05, 4.69) is 46.4 Å². The van der Waals surface area contributed by atoms with Crippen LogP contribution in [0, 0.1) is 5.82 Å². The fourth-order valence-corrected chi connectivity index (χ4v) is 4.66. The van der Waals surface area contributed by atoms with Gasteiger partial charge in [-0.05, 0) is 54.9 Å². The standard InChI is InChI=1S/C27H26BrFN6O2/c28-23-5-2-1-4-21(23)22-16-18-17-31-27(32-20-8-6-19(29)7-9-20)34-25(18)33-24(22)26(36)30-10-3-11-35-12-14-37-15-13-35/h1-2,4-9,16-17H,3,10-15H2,(H,30,36)(H,31,32,33,34). The van der Waals surface area contributed by atoms with Crippen molar-refractivity contribution in [1.29, 1.82) is 0 Å². The molecule has 8 nitrogen and oxygen atoms in total. The molecule has 0 unspecified atom stereocenters. The van der Waals surface area contributed by atoms with Crippen LogP contribution in [0.1, 0.15) is 16.9 Å². The topological polar surface area (TPSA) is 92.3 Å². The first-order chi connectivity index (χ1) is 18.1. The minimum absolute atomic E-state index is 0.263. The number of aromatic nitrogens is 3. The molecule has 1 saturated heterocycles. The van der Waals surface area contributed by atoms with Gasteiger partial charge in [-0.1, -0.05) is 34.1 Å². The predicted molar refractivity (Wildman–Crippen MR) is 144 cm³/mol. The van der Waals surface area contributed by atoms with Crippen molar-refractivity contribution < 1.29 is 13.9 Å². The number of carbonyl (C=O) groups is 1. The molecule has 4 aromatic rings. The summed E-state index contributed by atoms with van der Waals surface area (Å²) in [5.41, 5.74) is 2.85. The smallest absolute Gasteiger partial charge is 0.270 e. The number of pyridine rings is 1. The summed E-state index contributed by atoms with van der Waals surface area (Å²) in [5, 5.41) is 6.77. The molecule has 2 aromatic heterocycles. The van der Waals surface area contributed by atoms with Gasteiger partial charge in [0.15, 0.2) is 5.65 Å². The van der Waals surface area contributed by atoms with Crippen molar-refractivity contribution in [1.82, 2.24) is 25.2 Å². The largest absolute Gasteiger partial charge is 0.379 e. The molecule has 10 heteroatoms. The summed E-state index contributed by atoms with van der Waals surface area (Å²) in [7, 11) is 0. The normalized spacial score (nSPS) is 14.0. The van der Waals surface area contributed by atoms with Crippen molar-refractivity contribution in [2.24, 2.45) is 0 Å². The van der Waals surface area contributed by atoms with Crippen LogP contribution in [0.25, 0.3) is 22.2 Å². The molecule has 2 N–H and O–H groups in total. The Hall–Kier alpha value is -3.47. The molecule has 190 valence electrons. The zero-order valence-corrected chi connectivity index (χ0v) is 21.7. The Balaban J connectivity index is 1.41. The number of carbonyl (C=O) groups excluding carboxylic acids is 1. The molecule has 37 heavy (non-hydrogen) atoms. The first-order valence-corrected chi connectivity index (χ1v) is 12.9. The van der Waals surface area contributed by atoms with Gasteiger partial charge in [-0.2, -0.15) is 4.98 Å².